The number of hydrogen-bond acceptors (Lipinski definition) is 9. The Hall–Kier alpha value is -2.13. The first-order chi connectivity index (χ1) is 18.4. The van der Waals surface area contributed by atoms with Gasteiger partial charge in [-0.2, -0.15) is 13.8 Å². The Kier molecular flexibility index (Phi) is 8.42. The molecule has 16 heteroatoms. The average molecular weight is 610 g/mol. The van der Waals surface area contributed by atoms with Gasteiger partial charge in [-0.1, -0.05) is 32.9 Å². The number of hydrogen-bond donors (Lipinski definition) is 1. The zero-order chi connectivity index (χ0) is 29.7. The molecular formula is C24H32F4N3O7PSi. The number of nitrogens with two attached hydrogens (primary N) is 1. The molecule has 0 amide bonds. The monoisotopic (exact) mass is 609 g/mol. The number of anilines is 1. The van der Waals surface area contributed by atoms with E-state index in [2.05, 4.69) is 4.98 Å². The largest absolute Gasteiger partial charge is 0.475 e. The van der Waals surface area contributed by atoms with Crippen LogP contribution in [0.3, 0.4) is 0 Å². The van der Waals surface area contributed by atoms with Gasteiger partial charge in [-0.15, -0.1) is 0 Å². The maximum absolute atomic E-state index is 15.9. The predicted octanol–water partition coefficient (Wildman–Crippen LogP) is 5.33. The standard InChI is InChI=1S/C24H32F4N3O7PSi/c1-23(2,3)40(4,5)38-20-17(36-21(24(20,27)28)31-11-9-18(29)30-22(31)32)13-35-39(33)34-12-10-16(37-39)14-7-6-8-15(25)19(14)26/h6-9,11,16-17,20-21H,10,12-13H2,1-5H3,(H2,29,30,32)/t16-,17-,20-,21-,39?/m1/s1. The molecule has 2 saturated heterocycles. The number of aromatic nitrogens is 2. The van der Waals surface area contributed by atoms with Gasteiger partial charge in [0.1, 0.15) is 18.0 Å². The zero-order valence-electron chi connectivity index (χ0n) is 22.6. The molecule has 222 valence electrons. The quantitative estimate of drug-likeness (QED) is 0.252. The molecule has 2 aliphatic heterocycles. The van der Waals surface area contributed by atoms with Crippen molar-refractivity contribution in [3.05, 3.63) is 58.1 Å². The van der Waals surface area contributed by atoms with Gasteiger partial charge in [0.25, 0.3) is 0 Å². The molecule has 2 fully saturated rings. The molecule has 2 aliphatic rings. The lowest BCUT2D eigenvalue weighted by Gasteiger charge is -2.40. The molecule has 1 aromatic heterocycles. The molecule has 0 radical (unpaired) electrons. The second kappa shape index (κ2) is 10.9. The number of phosphoric ester groups is 1. The van der Waals surface area contributed by atoms with Gasteiger partial charge in [0.2, 0.25) is 6.23 Å². The SMILES string of the molecule is CC(C)(C)[Si](C)(C)O[C@@H]1[C@@H](COP2(=O)OCC[C@H](c3cccc(F)c3F)O2)O[C@@H](n2ccc(N)nc2=O)C1(F)F. The van der Waals surface area contributed by atoms with E-state index in [4.69, 9.17) is 28.5 Å². The van der Waals surface area contributed by atoms with Gasteiger partial charge in [-0.05, 0) is 30.3 Å². The third-order valence-electron chi connectivity index (χ3n) is 7.29. The second-order valence-electron chi connectivity index (χ2n) is 11.1. The number of nitrogen functional groups attached to an aromatic ring is 1. The summed E-state index contributed by atoms with van der Waals surface area (Å²) in [6, 6.07) is 4.63. The molecule has 0 aliphatic carbocycles. The Balaban J connectivity index is 1.60. The molecule has 40 heavy (non-hydrogen) atoms. The van der Waals surface area contributed by atoms with Crippen LogP contribution in [-0.4, -0.2) is 49.2 Å². The van der Waals surface area contributed by atoms with E-state index in [0.29, 0.717) is 4.57 Å². The summed E-state index contributed by atoms with van der Waals surface area (Å²) in [6.45, 7) is 8.16. The first-order valence-corrected chi connectivity index (χ1v) is 16.9. The van der Waals surface area contributed by atoms with Crippen molar-refractivity contribution in [1.82, 2.24) is 9.55 Å². The number of halogens is 4. The third kappa shape index (κ3) is 6.05. The van der Waals surface area contributed by atoms with E-state index in [0.717, 1.165) is 12.3 Å². The van der Waals surface area contributed by atoms with Gasteiger partial charge in [-0.3, -0.25) is 18.1 Å². The molecule has 10 nitrogen and oxygen atoms in total. The number of benzene rings is 1. The van der Waals surface area contributed by atoms with Crippen LogP contribution in [0.5, 0.6) is 0 Å². The number of ether oxygens (including phenoxy) is 1. The number of phosphoric acid groups is 1. The molecule has 4 rings (SSSR count). The van der Waals surface area contributed by atoms with Crippen LogP contribution < -0.4 is 11.4 Å². The minimum Gasteiger partial charge on any atom is -0.405 e. The summed E-state index contributed by atoms with van der Waals surface area (Å²) in [4.78, 5) is 15.9. The van der Waals surface area contributed by atoms with Gasteiger partial charge in [0.05, 0.1) is 19.3 Å². The molecule has 5 atom stereocenters. The number of alkyl halides is 2. The Morgan fingerprint density at radius 3 is 2.60 bits per heavy atom. The van der Waals surface area contributed by atoms with E-state index in [1.807, 2.05) is 20.8 Å². The maximum atomic E-state index is 15.9. The van der Waals surface area contributed by atoms with E-state index in [-0.39, 0.29) is 24.4 Å². The van der Waals surface area contributed by atoms with Crippen molar-refractivity contribution in [2.75, 3.05) is 18.9 Å². The smallest absolute Gasteiger partial charge is 0.405 e. The summed E-state index contributed by atoms with van der Waals surface area (Å²) < 4.78 is 101. The zero-order valence-corrected chi connectivity index (χ0v) is 24.5. The van der Waals surface area contributed by atoms with E-state index in [9.17, 15) is 18.1 Å². The van der Waals surface area contributed by atoms with E-state index >= 15 is 8.78 Å². The lowest BCUT2D eigenvalue weighted by Crippen LogP contribution is -2.52. The van der Waals surface area contributed by atoms with Crippen molar-refractivity contribution in [2.45, 2.75) is 75.8 Å². The van der Waals surface area contributed by atoms with Crippen LogP contribution in [-0.2, 0) is 27.3 Å². The highest BCUT2D eigenvalue weighted by molar-refractivity contribution is 7.48. The molecule has 0 bridgehead atoms. The van der Waals surface area contributed by atoms with Crippen molar-refractivity contribution < 1.29 is 44.9 Å². The second-order valence-corrected chi connectivity index (χ2v) is 17.5. The first-order valence-electron chi connectivity index (χ1n) is 12.5. The summed E-state index contributed by atoms with van der Waals surface area (Å²) in [7, 11) is -7.29. The lowest BCUT2D eigenvalue weighted by atomic mass is 10.1. The lowest BCUT2D eigenvalue weighted by molar-refractivity contribution is -0.138. The molecule has 1 aromatic carbocycles. The third-order valence-corrected chi connectivity index (χ3v) is 13.2. The van der Waals surface area contributed by atoms with Crippen molar-refractivity contribution in [3.63, 3.8) is 0 Å². The highest BCUT2D eigenvalue weighted by atomic mass is 31.2. The van der Waals surface area contributed by atoms with Gasteiger partial charge >= 0.3 is 19.4 Å². The number of rotatable bonds is 7. The molecule has 1 unspecified atom stereocenters. The van der Waals surface area contributed by atoms with Crippen molar-refractivity contribution in [1.29, 1.82) is 0 Å². The van der Waals surface area contributed by atoms with Crippen molar-refractivity contribution in [2.24, 2.45) is 0 Å². The van der Waals surface area contributed by atoms with Crippen LogP contribution >= 0.6 is 7.82 Å². The van der Waals surface area contributed by atoms with Gasteiger partial charge in [0.15, 0.2) is 20.0 Å². The van der Waals surface area contributed by atoms with Crippen LogP contribution in [0, 0.1) is 11.6 Å². The normalized spacial score (nSPS) is 29.0. The maximum Gasteiger partial charge on any atom is 0.475 e. The first kappa shape index (κ1) is 30.8. The molecular weight excluding hydrogens is 577 g/mol. The predicted molar refractivity (Wildman–Crippen MR) is 138 cm³/mol. The van der Waals surface area contributed by atoms with Crippen molar-refractivity contribution >= 4 is 22.0 Å². The van der Waals surface area contributed by atoms with E-state index < -0.39 is 75.6 Å². The molecule has 3 heterocycles. The van der Waals surface area contributed by atoms with Crippen molar-refractivity contribution in [3.8, 4) is 0 Å². The summed E-state index contributed by atoms with van der Waals surface area (Å²) in [5.41, 5.74) is 4.24. The number of nitrogens with zero attached hydrogens (tertiary/aromatic N) is 2. The van der Waals surface area contributed by atoms with Crippen LogP contribution in [0.15, 0.2) is 35.3 Å². The van der Waals surface area contributed by atoms with Crippen LogP contribution in [0.1, 0.15) is 45.1 Å². The molecule has 0 saturated carbocycles. The average Bonchev–Trinajstić information content (AvgIpc) is 3.08. The summed E-state index contributed by atoms with van der Waals surface area (Å²) in [6.07, 6.45) is -5.70. The molecule has 0 spiro atoms. The fourth-order valence-corrected chi connectivity index (χ4v) is 6.75. The fourth-order valence-electron chi connectivity index (χ4n) is 4.07. The van der Waals surface area contributed by atoms with E-state index in [1.165, 1.54) is 18.2 Å². The topological polar surface area (TPSA) is 124 Å². The molecule has 2 N–H and O–H groups in total. The van der Waals surface area contributed by atoms with Gasteiger partial charge in [0, 0.05) is 18.2 Å². The Morgan fingerprint density at radius 2 is 1.95 bits per heavy atom. The van der Waals surface area contributed by atoms with Gasteiger partial charge in [-0.25, -0.2) is 18.1 Å². The highest BCUT2D eigenvalue weighted by Crippen LogP contribution is 2.58. The Morgan fingerprint density at radius 1 is 1.25 bits per heavy atom. The highest BCUT2D eigenvalue weighted by Gasteiger charge is 2.63. The summed E-state index contributed by atoms with van der Waals surface area (Å²) in [5, 5.41) is -0.475. The summed E-state index contributed by atoms with van der Waals surface area (Å²) >= 11 is 0. The Labute approximate surface area is 229 Å². The van der Waals surface area contributed by atoms with Crippen LogP contribution in [0.2, 0.25) is 18.1 Å². The minimum atomic E-state index is -4.44. The van der Waals surface area contributed by atoms with Crippen LogP contribution in [0.4, 0.5) is 23.4 Å². The minimum absolute atomic E-state index is 0.0396. The van der Waals surface area contributed by atoms with Crippen LogP contribution in [0.25, 0.3) is 0 Å². The Bertz CT molecular complexity index is 1360. The fraction of sp³-hybridized carbons (Fsp3) is 0.583. The summed E-state index contributed by atoms with van der Waals surface area (Å²) in [5.74, 6) is -6.21. The molecule has 2 aromatic rings. The van der Waals surface area contributed by atoms with Gasteiger partial charge < -0.3 is 14.9 Å². The van der Waals surface area contributed by atoms with E-state index in [1.54, 1.807) is 13.1 Å².